The maximum Gasteiger partial charge on any atom is 0.317 e. The van der Waals surface area contributed by atoms with E-state index in [1.165, 1.54) is 4.90 Å². The van der Waals surface area contributed by atoms with Crippen LogP contribution in [0.15, 0.2) is 54.6 Å². The second-order valence-electron chi connectivity index (χ2n) is 9.52. The number of para-hydroxylation sites is 1. The summed E-state index contributed by atoms with van der Waals surface area (Å²) >= 11 is 0. The average Bonchev–Trinajstić information content (AvgIpc) is 3.35. The van der Waals surface area contributed by atoms with Crippen molar-refractivity contribution >= 4 is 11.9 Å². The van der Waals surface area contributed by atoms with Gasteiger partial charge in [-0.2, -0.15) is 0 Å². The number of hydrogen-bond donors (Lipinski definition) is 3. The molecule has 0 radical (unpaired) electrons. The summed E-state index contributed by atoms with van der Waals surface area (Å²) < 4.78 is 13.5. The predicted octanol–water partition coefficient (Wildman–Crippen LogP) is 1.63. The standard InChI is InChI=1S/C26H36N8O4/c1-26(2,27)24(35)29-21(18-37-17-19-10-6-5-7-11-19)23-30-31-32-34(23)14-15-38-22-13-9-8-12-20(22)16-28-25(36)33(3)4/h5-13,21H,14-18,27H2,1-4H3,(H,28,36)(H,29,35)/t21-/m1/s1. The van der Waals surface area contributed by atoms with Crippen LogP contribution in [-0.2, 0) is 29.2 Å². The Morgan fingerprint density at radius 2 is 1.82 bits per heavy atom. The van der Waals surface area contributed by atoms with Crippen molar-refractivity contribution in [1.82, 2.24) is 35.7 Å². The van der Waals surface area contributed by atoms with E-state index in [1.54, 1.807) is 32.6 Å². The Morgan fingerprint density at radius 3 is 2.53 bits per heavy atom. The smallest absolute Gasteiger partial charge is 0.317 e. The Labute approximate surface area is 222 Å². The van der Waals surface area contributed by atoms with Crippen LogP contribution < -0.4 is 21.1 Å². The van der Waals surface area contributed by atoms with Gasteiger partial charge in [-0.05, 0) is 35.9 Å². The highest BCUT2D eigenvalue weighted by molar-refractivity contribution is 5.85. The first-order chi connectivity index (χ1) is 18.1. The molecule has 0 saturated heterocycles. The Hall–Kier alpha value is -4.03. The summed E-state index contributed by atoms with van der Waals surface area (Å²) in [6.45, 7) is 4.66. The van der Waals surface area contributed by atoms with Crippen molar-refractivity contribution in [2.24, 2.45) is 5.73 Å². The molecule has 1 heterocycles. The predicted molar refractivity (Wildman–Crippen MR) is 141 cm³/mol. The van der Waals surface area contributed by atoms with Crippen LogP contribution >= 0.6 is 0 Å². The topological polar surface area (TPSA) is 150 Å². The minimum atomic E-state index is -1.09. The number of benzene rings is 2. The summed E-state index contributed by atoms with van der Waals surface area (Å²) in [7, 11) is 3.36. The van der Waals surface area contributed by atoms with E-state index in [0.717, 1.165) is 11.1 Å². The quantitative estimate of drug-likeness (QED) is 0.305. The van der Waals surface area contributed by atoms with Crippen molar-refractivity contribution in [3.05, 3.63) is 71.5 Å². The van der Waals surface area contributed by atoms with Crippen LogP contribution in [0, 0.1) is 0 Å². The van der Waals surface area contributed by atoms with Gasteiger partial charge in [-0.25, -0.2) is 9.48 Å². The minimum absolute atomic E-state index is 0.145. The van der Waals surface area contributed by atoms with Crippen LogP contribution in [-0.4, -0.2) is 69.9 Å². The third kappa shape index (κ3) is 8.53. The first-order valence-electron chi connectivity index (χ1n) is 12.3. The molecule has 3 rings (SSSR count). The molecule has 0 saturated carbocycles. The van der Waals surface area contributed by atoms with Crippen molar-refractivity contribution in [1.29, 1.82) is 0 Å². The molecule has 0 aliphatic carbocycles. The number of carbonyl (C=O) groups is 2. The lowest BCUT2D eigenvalue weighted by atomic mass is 10.1. The second kappa shape index (κ2) is 13.5. The molecule has 1 aromatic heterocycles. The van der Waals surface area contributed by atoms with Gasteiger partial charge in [0.2, 0.25) is 5.91 Å². The number of rotatable bonds is 13. The van der Waals surface area contributed by atoms with Gasteiger partial charge in [0.05, 0.1) is 25.3 Å². The number of nitrogens with one attached hydrogen (secondary N) is 2. The SMILES string of the molecule is CN(C)C(=O)NCc1ccccc1OCCn1nnnc1[C@@H](COCc1ccccc1)NC(=O)C(C)(C)N. The van der Waals surface area contributed by atoms with E-state index >= 15 is 0 Å². The summed E-state index contributed by atoms with van der Waals surface area (Å²) in [4.78, 5) is 26.0. The van der Waals surface area contributed by atoms with E-state index in [1.807, 2.05) is 54.6 Å². The zero-order chi connectivity index (χ0) is 27.5. The molecule has 204 valence electrons. The minimum Gasteiger partial charge on any atom is -0.491 e. The van der Waals surface area contributed by atoms with Crippen LogP contribution in [0.3, 0.4) is 0 Å². The monoisotopic (exact) mass is 524 g/mol. The van der Waals surface area contributed by atoms with Gasteiger partial charge in [-0.15, -0.1) is 5.10 Å². The van der Waals surface area contributed by atoms with Crippen molar-refractivity contribution in [3.8, 4) is 5.75 Å². The number of amides is 3. The van der Waals surface area contributed by atoms with Crippen LogP contribution in [0.4, 0.5) is 4.79 Å². The molecule has 0 aliphatic heterocycles. The number of carbonyl (C=O) groups excluding carboxylic acids is 2. The summed E-state index contributed by atoms with van der Waals surface area (Å²) in [5.41, 5.74) is 6.75. The molecular formula is C26H36N8O4. The highest BCUT2D eigenvalue weighted by Crippen LogP contribution is 2.18. The highest BCUT2D eigenvalue weighted by atomic mass is 16.5. The number of nitrogens with zero attached hydrogens (tertiary/aromatic N) is 5. The number of nitrogens with two attached hydrogens (primary N) is 1. The molecule has 3 amide bonds. The van der Waals surface area contributed by atoms with Crippen LogP contribution in [0.25, 0.3) is 0 Å². The fraction of sp³-hybridized carbons (Fsp3) is 0.423. The fourth-order valence-electron chi connectivity index (χ4n) is 3.38. The van der Waals surface area contributed by atoms with E-state index < -0.39 is 11.6 Å². The molecule has 0 bridgehead atoms. The summed E-state index contributed by atoms with van der Waals surface area (Å²) in [5, 5.41) is 17.8. The number of aromatic nitrogens is 4. The summed E-state index contributed by atoms with van der Waals surface area (Å²) in [6.07, 6.45) is 0. The molecule has 2 aromatic carbocycles. The van der Waals surface area contributed by atoms with E-state index in [0.29, 0.717) is 31.3 Å². The molecule has 3 aromatic rings. The Bertz CT molecular complexity index is 1180. The van der Waals surface area contributed by atoms with E-state index in [-0.39, 0.29) is 25.2 Å². The Balaban J connectivity index is 1.65. The van der Waals surface area contributed by atoms with Crippen LogP contribution in [0.1, 0.15) is 36.8 Å². The summed E-state index contributed by atoms with van der Waals surface area (Å²) in [5.74, 6) is 0.707. The van der Waals surface area contributed by atoms with E-state index in [2.05, 4.69) is 26.2 Å². The molecule has 12 nitrogen and oxygen atoms in total. The largest absolute Gasteiger partial charge is 0.491 e. The third-order valence-electron chi connectivity index (χ3n) is 5.53. The van der Waals surface area contributed by atoms with Crippen LogP contribution in [0.2, 0.25) is 0 Å². The van der Waals surface area contributed by atoms with E-state index in [4.69, 9.17) is 15.2 Å². The second-order valence-corrected chi connectivity index (χ2v) is 9.52. The molecule has 0 spiro atoms. The number of ether oxygens (including phenoxy) is 2. The normalized spacial score (nSPS) is 12.0. The third-order valence-corrected chi connectivity index (χ3v) is 5.53. The van der Waals surface area contributed by atoms with Gasteiger partial charge in [0.25, 0.3) is 0 Å². The van der Waals surface area contributed by atoms with Gasteiger partial charge in [-0.1, -0.05) is 48.5 Å². The van der Waals surface area contributed by atoms with E-state index in [9.17, 15) is 9.59 Å². The lowest BCUT2D eigenvalue weighted by molar-refractivity contribution is -0.126. The zero-order valence-electron chi connectivity index (χ0n) is 22.3. The molecule has 12 heteroatoms. The van der Waals surface area contributed by atoms with Crippen molar-refractivity contribution < 1.29 is 19.1 Å². The van der Waals surface area contributed by atoms with Crippen molar-refractivity contribution in [2.45, 2.75) is 45.1 Å². The van der Waals surface area contributed by atoms with Crippen LogP contribution in [0.5, 0.6) is 5.75 Å². The molecular weight excluding hydrogens is 488 g/mol. The van der Waals surface area contributed by atoms with Crippen molar-refractivity contribution in [2.75, 3.05) is 27.3 Å². The number of urea groups is 1. The van der Waals surface area contributed by atoms with Gasteiger partial charge in [-0.3, -0.25) is 4.79 Å². The maximum absolute atomic E-state index is 12.7. The molecule has 38 heavy (non-hydrogen) atoms. The first kappa shape index (κ1) is 28.5. The average molecular weight is 525 g/mol. The van der Waals surface area contributed by atoms with Gasteiger partial charge in [0.15, 0.2) is 5.82 Å². The number of tetrazole rings is 1. The Kier molecular flexibility index (Phi) is 10.1. The first-order valence-corrected chi connectivity index (χ1v) is 12.3. The molecule has 0 unspecified atom stereocenters. The van der Waals surface area contributed by atoms with Gasteiger partial charge in [0, 0.05) is 26.2 Å². The Morgan fingerprint density at radius 1 is 1.11 bits per heavy atom. The molecule has 1 atom stereocenters. The summed E-state index contributed by atoms with van der Waals surface area (Å²) in [6, 6.07) is 16.4. The zero-order valence-corrected chi connectivity index (χ0v) is 22.3. The highest BCUT2D eigenvalue weighted by Gasteiger charge is 2.28. The van der Waals surface area contributed by atoms with Crippen molar-refractivity contribution in [3.63, 3.8) is 0 Å². The molecule has 4 N–H and O–H groups in total. The molecule has 0 aliphatic rings. The lowest BCUT2D eigenvalue weighted by Gasteiger charge is -2.24. The number of hydrogen-bond acceptors (Lipinski definition) is 8. The maximum atomic E-state index is 12.7. The van der Waals surface area contributed by atoms with Gasteiger partial charge < -0.3 is 30.7 Å². The van der Waals surface area contributed by atoms with Gasteiger partial charge >= 0.3 is 6.03 Å². The lowest BCUT2D eigenvalue weighted by Crippen LogP contribution is -2.51. The molecule has 0 fully saturated rings. The fourth-order valence-corrected chi connectivity index (χ4v) is 3.38. The van der Waals surface area contributed by atoms with Gasteiger partial charge in [0.1, 0.15) is 18.4 Å².